The summed E-state index contributed by atoms with van der Waals surface area (Å²) in [5.74, 6) is -0.291. The largest absolute Gasteiger partial charge is 0.497 e. The minimum absolute atomic E-state index is 0.200. The molecule has 2 aromatic rings. The van der Waals surface area contributed by atoms with E-state index < -0.39 is 11.5 Å². The van der Waals surface area contributed by atoms with Crippen LogP contribution in [0.5, 0.6) is 11.5 Å². The predicted molar refractivity (Wildman–Crippen MR) is 112 cm³/mol. The Balaban J connectivity index is 1.80. The standard InChI is InChI=1S/C22H26N2O6/c1-22(2,3)24-20(26)14-30-21(27)15-8-10-17(11-9-15)29-13-19(25)23-16-6-5-7-18(12-16)28-4/h5-12H,13-14H2,1-4H3,(H,23,25)(H,24,26). The van der Waals surface area contributed by atoms with Crippen molar-refractivity contribution in [3.63, 3.8) is 0 Å². The SMILES string of the molecule is COc1cccc(NC(=O)COc2ccc(C(=O)OCC(=O)NC(C)(C)C)cc2)c1. The fraction of sp³-hybridized carbons (Fsp3) is 0.318. The molecule has 0 aliphatic rings. The van der Waals surface area contributed by atoms with Crippen LogP contribution in [0, 0.1) is 0 Å². The Morgan fingerprint density at radius 2 is 1.60 bits per heavy atom. The first kappa shape index (κ1) is 22.7. The molecule has 2 rings (SSSR count). The lowest BCUT2D eigenvalue weighted by atomic mass is 10.1. The van der Waals surface area contributed by atoms with Gasteiger partial charge in [0.1, 0.15) is 11.5 Å². The summed E-state index contributed by atoms with van der Waals surface area (Å²) in [6.45, 7) is 4.94. The monoisotopic (exact) mass is 414 g/mol. The number of methoxy groups -OCH3 is 1. The lowest BCUT2D eigenvalue weighted by molar-refractivity contribution is -0.125. The molecule has 2 aromatic carbocycles. The molecule has 2 amide bonds. The van der Waals surface area contributed by atoms with Gasteiger partial charge in [-0.25, -0.2) is 4.79 Å². The molecule has 0 aromatic heterocycles. The third kappa shape index (κ3) is 7.83. The quantitative estimate of drug-likeness (QED) is 0.644. The van der Waals surface area contributed by atoms with E-state index in [4.69, 9.17) is 14.2 Å². The molecule has 8 nitrogen and oxygen atoms in total. The van der Waals surface area contributed by atoms with Gasteiger partial charge in [0.15, 0.2) is 13.2 Å². The van der Waals surface area contributed by atoms with Gasteiger partial charge in [-0.2, -0.15) is 0 Å². The van der Waals surface area contributed by atoms with Crippen molar-refractivity contribution < 1.29 is 28.6 Å². The summed E-state index contributed by atoms with van der Waals surface area (Å²) in [7, 11) is 1.55. The first-order valence-corrected chi connectivity index (χ1v) is 9.31. The van der Waals surface area contributed by atoms with E-state index >= 15 is 0 Å². The normalized spacial score (nSPS) is 10.7. The van der Waals surface area contributed by atoms with Gasteiger partial charge in [-0.05, 0) is 57.2 Å². The highest BCUT2D eigenvalue weighted by atomic mass is 16.5. The summed E-state index contributed by atoms with van der Waals surface area (Å²) < 4.78 is 15.5. The maximum atomic E-state index is 12.0. The van der Waals surface area contributed by atoms with Gasteiger partial charge in [0, 0.05) is 17.3 Å². The number of rotatable bonds is 8. The second-order valence-electron chi connectivity index (χ2n) is 7.47. The highest BCUT2D eigenvalue weighted by molar-refractivity contribution is 5.92. The number of hydrogen-bond acceptors (Lipinski definition) is 6. The molecule has 0 aliphatic heterocycles. The zero-order valence-corrected chi connectivity index (χ0v) is 17.5. The maximum absolute atomic E-state index is 12.0. The average Bonchev–Trinajstić information content (AvgIpc) is 2.69. The van der Waals surface area contributed by atoms with Gasteiger partial charge in [0.2, 0.25) is 0 Å². The fourth-order valence-electron chi connectivity index (χ4n) is 2.40. The van der Waals surface area contributed by atoms with Gasteiger partial charge in [0.25, 0.3) is 11.8 Å². The number of ether oxygens (including phenoxy) is 3. The third-order valence-corrected chi connectivity index (χ3v) is 3.66. The topological polar surface area (TPSA) is 103 Å². The van der Waals surface area contributed by atoms with Crippen molar-refractivity contribution in [1.29, 1.82) is 0 Å². The minimum atomic E-state index is -0.624. The van der Waals surface area contributed by atoms with Gasteiger partial charge in [-0.15, -0.1) is 0 Å². The van der Waals surface area contributed by atoms with Crippen molar-refractivity contribution in [2.24, 2.45) is 0 Å². The zero-order valence-electron chi connectivity index (χ0n) is 17.5. The smallest absolute Gasteiger partial charge is 0.338 e. The van der Waals surface area contributed by atoms with Crippen LogP contribution in [0.2, 0.25) is 0 Å². The Hall–Kier alpha value is -3.55. The van der Waals surface area contributed by atoms with E-state index in [2.05, 4.69) is 10.6 Å². The summed E-state index contributed by atoms with van der Waals surface area (Å²) in [5.41, 5.74) is 0.463. The Morgan fingerprint density at radius 1 is 0.900 bits per heavy atom. The summed E-state index contributed by atoms with van der Waals surface area (Å²) in [6, 6.07) is 13.1. The molecule has 2 N–H and O–H groups in total. The molecule has 0 saturated heterocycles. The van der Waals surface area contributed by atoms with Crippen molar-refractivity contribution in [1.82, 2.24) is 5.32 Å². The number of hydrogen-bond donors (Lipinski definition) is 2. The van der Waals surface area contributed by atoms with E-state index in [0.717, 1.165) is 0 Å². The van der Waals surface area contributed by atoms with Crippen LogP contribution in [0.15, 0.2) is 48.5 Å². The van der Waals surface area contributed by atoms with Crippen molar-refractivity contribution >= 4 is 23.5 Å². The van der Waals surface area contributed by atoms with E-state index in [1.54, 1.807) is 43.5 Å². The molecule has 0 aliphatic carbocycles. The Labute approximate surface area is 175 Å². The van der Waals surface area contributed by atoms with Crippen molar-refractivity contribution in [2.75, 3.05) is 25.6 Å². The molecule has 0 radical (unpaired) electrons. The van der Waals surface area contributed by atoms with Crippen LogP contribution in [0.25, 0.3) is 0 Å². The molecular formula is C22H26N2O6. The van der Waals surface area contributed by atoms with Gasteiger partial charge < -0.3 is 24.8 Å². The molecule has 0 unspecified atom stereocenters. The second-order valence-corrected chi connectivity index (χ2v) is 7.47. The number of benzene rings is 2. The molecule has 160 valence electrons. The van der Waals surface area contributed by atoms with Gasteiger partial charge in [-0.1, -0.05) is 6.07 Å². The molecule has 0 fully saturated rings. The van der Waals surface area contributed by atoms with Crippen LogP contribution in [0.4, 0.5) is 5.69 Å². The van der Waals surface area contributed by atoms with Gasteiger partial charge >= 0.3 is 5.97 Å². The van der Waals surface area contributed by atoms with E-state index in [9.17, 15) is 14.4 Å². The van der Waals surface area contributed by atoms with Gasteiger partial charge in [-0.3, -0.25) is 9.59 Å². The molecule has 30 heavy (non-hydrogen) atoms. The lowest BCUT2D eigenvalue weighted by Gasteiger charge is -2.20. The number of esters is 1. The van der Waals surface area contributed by atoms with Crippen LogP contribution in [-0.4, -0.2) is 43.6 Å². The highest BCUT2D eigenvalue weighted by Gasteiger charge is 2.16. The lowest BCUT2D eigenvalue weighted by Crippen LogP contribution is -2.42. The molecule has 0 bridgehead atoms. The predicted octanol–water partition coefficient (Wildman–Crippen LogP) is 2.78. The first-order valence-electron chi connectivity index (χ1n) is 9.31. The maximum Gasteiger partial charge on any atom is 0.338 e. The first-order chi connectivity index (χ1) is 14.2. The third-order valence-electron chi connectivity index (χ3n) is 3.66. The van der Waals surface area contributed by atoms with E-state index in [1.807, 2.05) is 20.8 Å². The minimum Gasteiger partial charge on any atom is -0.497 e. The Morgan fingerprint density at radius 3 is 2.23 bits per heavy atom. The summed E-state index contributed by atoms with van der Waals surface area (Å²) in [6.07, 6.45) is 0. The summed E-state index contributed by atoms with van der Waals surface area (Å²) in [4.78, 5) is 35.8. The van der Waals surface area contributed by atoms with Crippen molar-refractivity contribution in [3.05, 3.63) is 54.1 Å². The van der Waals surface area contributed by atoms with Gasteiger partial charge in [0.05, 0.1) is 12.7 Å². The second kappa shape index (κ2) is 10.3. The van der Waals surface area contributed by atoms with Crippen molar-refractivity contribution in [2.45, 2.75) is 26.3 Å². The number of carbonyl (C=O) groups excluding carboxylic acids is 3. The number of carbonyl (C=O) groups is 3. The number of nitrogens with one attached hydrogen (secondary N) is 2. The van der Waals surface area contributed by atoms with Crippen LogP contribution in [-0.2, 0) is 14.3 Å². The molecular weight excluding hydrogens is 388 g/mol. The van der Waals surface area contributed by atoms with Crippen molar-refractivity contribution in [3.8, 4) is 11.5 Å². The summed E-state index contributed by atoms with van der Waals surface area (Å²) in [5, 5.41) is 5.41. The van der Waals surface area contributed by atoms with Crippen LogP contribution >= 0.6 is 0 Å². The van der Waals surface area contributed by atoms with Crippen LogP contribution in [0.1, 0.15) is 31.1 Å². The summed E-state index contributed by atoms with van der Waals surface area (Å²) >= 11 is 0. The highest BCUT2D eigenvalue weighted by Crippen LogP contribution is 2.17. The van der Waals surface area contributed by atoms with E-state index in [1.165, 1.54) is 12.1 Å². The van der Waals surface area contributed by atoms with Crippen LogP contribution in [0.3, 0.4) is 0 Å². The zero-order chi connectivity index (χ0) is 22.1. The Kier molecular flexibility index (Phi) is 7.80. The fourth-order valence-corrected chi connectivity index (χ4v) is 2.40. The molecule has 0 saturated carbocycles. The van der Waals surface area contributed by atoms with E-state index in [0.29, 0.717) is 17.2 Å². The molecule has 0 heterocycles. The van der Waals surface area contributed by atoms with E-state index in [-0.39, 0.29) is 30.6 Å². The number of anilines is 1. The van der Waals surface area contributed by atoms with Crippen LogP contribution < -0.4 is 20.1 Å². The Bertz CT molecular complexity index is 887. The number of amides is 2. The molecule has 0 spiro atoms. The molecule has 0 atom stereocenters. The average molecular weight is 414 g/mol. The molecule has 8 heteroatoms.